The van der Waals surface area contributed by atoms with E-state index in [1.165, 1.54) is 18.5 Å². The first-order valence-corrected chi connectivity index (χ1v) is 5.37. The predicted octanol–water partition coefficient (Wildman–Crippen LogP) is 0.646. The van der Waals surface area contributed by atoms with Crippen LogP contribution in [0.3, 0.4) is 0 Å². The van der Waals surface area contributed by atoms with Crippen LogP contribution in [-0.4, -0.2) is 29.1 Å². The van der Waals surface area contributed by atoms with Crippen LogP contribution in [-0.2, 0) is 0 Å². The molecule has 4 N–H and O–H groups in total. The van der Waals surface area contributed by atoms with Gasteiger partial charge >= 0.3 is 0 Å². The van der Waals surface area contributed by atoms with E-state index in [0.29, 0.717) is 13.1 Å². The number of aromatic hydroxyl groups is 1. The van der Waals surface area contributed by atoms with Gasteiger partial charge < -0.3 is 16.2 Å². The number of hydrogen-bond acceptors (Lipinski definition) is 4. The monoisotopic (exact) mass is 223 g/mol. The van der Waals surface area contributed by atoms with Crippen molar-refractivity contribution in [1.82, 2.24) is 10.3 Å². The quantitative estimate of drug-likeness (QED) is 0.618. The van der Waals surface area contributed by atoms with Gasteiger partial charge in [-0.2, -0.15) is 0 Å². The number of nitrogens with two attached hydrogens (primary N) is 1. The number of carbonyl (C=O) groups is 1. The molecule has 16 heavy (non-hydrogen) atoms. The zero-order valence-electron chi connectivity index (χ0n) is 9.15. The Balaban J connectivity index is 2.33. The van der Waals surface area contributed by atoms with Gasteiger partial charge in [0.05, 0.1) is 11.8 Å². The highest BCUT2D eigenvalue weighted by atomic mass is 16.3. The summed E-state index contributed by atoms with van der Waals surface area (Å²) in [4.78, 5) is 15.3. The highest BCUT2D eigenvalue weighted by Crippen LogP contribution is 2.13. The third-order valence-electron chi connectivity index (χ3n) is 2.21. The average Bonchev–Trinajstić information content (AvgIpc) is 2.29. The van der Waals surface area contributed by atoms with Crippen LogP contribution in [0.25, 0.3) is 0 Å². The first-order chi connectivity index (χ1) is 7.75. The van der Waals surface area contributed by atoms with E-state index in [-0.39, 0.29) is 17.2 Å². The summed E-state index contributed by atoms with van der Waals surface area (Å²) in [6.45, 7) is 1.28. The predicted molar refractivity (Wildman–Crippen MR) is 61.1 cm³/mol. The molecular weight excluding hydrogens is 206 g/mol. The fourth-order valence-corrected chi connectivity index (χ4v) is 1.32. The molecule has 5 heteroatoms. The third-order valence-corrected chi connectivity index (χ3v) is 2.21. The Labute approximate surface area is 94.7 Å². The van der Waals surface area contributed by atoms with E-state index in [2.05, 4.69) is 10.3 Å². The van der Waals surface area contributed by atoms with Gasteiger partial charge in [0.1, 0.15) is 5.75 Å². The van der Waals surface area contributed by atoms with E-state index in [9.17, 15) is 9.90 Å². The van der Waals surface area contributed by atoms with E-state index < -0.39 is 0 Å². The number of aromatic nitrogens is 1. The number of hydrogen-bond donors (Lipinski definition) is 3. The zero-order valence-corrected chi connectivity index (χ0v) is 9.15. The number of unbranched alkanes of at least 4 members (excludes halogenated alkanes) is 2. The van der Waals surface area contributed by atoms with Crippen LogP contribution in [0, 0.1) is 0 Å². The summed E-state index contributed by atoms with van der Waals surface area (Å²) in [6.07, 6.45) is 5.59. The summed E-state index contributed by atoms with van der Waals surface area (Å²) in [5, 5.41) is 12.1. The van der Waals surface area contributed by atoms with Crippen LogP contribution < -0.4 is 11.1 Å². The molecule has 1 rings (SSSR count). The molecule has 0 spiro atoms. The fourth-order valence-electron chi connectivity index (χ4n) is 1.32. The second-order valence-corrected chi connectivity index (χ2v) is 3.50. The van der Waals surface area contributed by atoms with E-state index in [1.807, 2.05) is 0 Å². The molecule has 0 aliphatic rings. The molecule has 0 atom stereocenters. The zero-order chi connectivity index (χ0) is 11.8. The van der Waals surface area contributed by atoms with Gasteiger partial charge in [0, 0.05) is 12.7 Å². The topological polar surface area (TPSA) is 88.2 Å². The van der Waals surface area contributed by atoms with Gasteiger partial charge in [0.2, 0.25) is 0 Å². The summed E-state index contributed by atoms with van der Waals surface area (Å²) >= 11 is 0. The molecule has 0 saturated carbocycles. The fraction of sp³-hybridized carbons (Fsp3) is 0.455. The van der Waals surface area contributed by atoms with Crippen molar-refractivity contribution in [3.8, 4) is 5.75 Å². The van der Waals surface area contributed by atoms with Crippen molar-refractivity contribution in [3.63, 3.8) is 0 Å². The molecule has 0 fully saturated rings. The lowest BCUT2D eigenvalue weighted by atomic mass is 10.2. The Bertz CT molecular complexity index is 342. The second kappa shape index (κ2) is 6.79. The van der Waals surface area contributed by atoms with Gasteiger partial charge in [0.15, 0.2) is 0 Å². The smallest absolute Gasteiger partial charge is 0.255 e. The highest BCUT2D eigenvalue weighted by molar-refractivity contribution is 5.96. The SMILES string of the molecule is NCCCCCNC(=O)c1ccncc1O. The Kier molecular flexibility index (Phi) is 5.28. The highest BCUT2D eigenvalue weighted by Gasteiger charge is 2.09. The minimum Gasteiger partial charge on any atom is -0.505 e. The first-order valence-electron chi connectivity index (χ1n) is 5.37. The van der Waals surface area contributed by atoms with Crippen molar-refractivity contribution in [1.29, 1.82) is 0 Å². The van der Waals surface area contributed by atoms with Gasteiger partial charge in [-0.15, -0.1) is 0 Å². The van der Waals surface area contributed by atoms with E-state index in [4.69, 9.17) is 5.73 Å². The molecule has 0 unspecified atom stereocenters. The van der Waals surface area contributed by atoms with Gasteiger partial charge in [-0.3, -0.25) is 9.78 Å². The van der Waals surface area contributed by atoms with Crippen molar-refractivity contribution < 1.29 is 9.90 Å². The summed E-state index contributed by atoms with van der Waals surface area (Å²) < 4.78 is 0. The third kappa shape index (κ3) is 3.86. The van der Waals surface area contributed by atoms with Crippen molar-refractivity contribution in [2.45, 2.75) is 19.3 Å². The van der Waals surface area contributed by atoms with Crippen molar-refractivity contribution in [3.05, 3.63) is 24.0 Å². The molecule has 1 amide bonds. The van der Waals surface area contributed by atoms with Crippen LogP contribution in [0.5, 0.6) is 5.75 Å². The lowest BCUT2D eigenvalue weighted by Crippen LogP contribution is -2.24. The molecule has 1 aromatic heterocycles. The molecule has 0 aliphatic heterocycles. The summed E-state index contributed by atoms with van der Waals surface area (Å²) in [5.41, 5.74) is 5.61. The Morgan fingerprint density at radius 1 is 1.44 bits per heavy atom. The normalized spacial score (nSPS) is 10.1. The minimum atomic E-state index is -0.271. The van der Waals surface area contributed by atoms with Gasteiger partial charge in [-0.05, 0) is 25.5 Å². The van der Waals surface area contributed by atoms with Gasteiger partial charge in [-0.1, -0.05) is 6.42 Å². The summed E-state index contributed by atoms with van der Waals surface area (Å²) in [7, 11) is 0. The van der Waals surface area contributed by atoms with Crippen LogP contribution in [0.4, 0.5) is 0 Å². The standard InChI is InChI=1S/C11H17N3O2/c12-5-2-1-3-6-14-11(16)9-4-7-13-8-10(9)15/h4,7-8,15H,1-3,5-6,12H2,(H,14,16). The number of nitrogens with zero attached hydrogens (tertiary/aromatic N) is 1. The molecule has 0 saturated heterocycles. The number of nitrogens with one attached hydrogen (secondary N) is 1. The maximum Gasteiger partial charge on any atom is 0.255 e. The second-order valence-electron chi connectivity index (χ2n) is 3.50. The summed E-state index contributed by atoms with van der Waals surface area (Å²) in [6, 6.07) is 1.49. The van der Waals surface area contributed by atoms with Gasteiger partial charge in [0.25, 0.3) is 5.91 Å². The number of carbonyl (C=O) groups excluding carboxylic acids is 1. The van der Waals surface area contributed by atoms with E-state index >= 15 is 0 Å². The molecule has 0 aliphatic carbocycles. The molecule has 0 radical (unpaired) electrons. The number of amides is 1. The molecule has 5 nitrogen and oxygen atoms in total. The average molecular weight is 223 g/mol. The molecule has 1 heterocycles. The first kappa shape index (κ1) is 12.4. The molecule has 0 aromatic carbocycles. The van der Waals surface area contributed by atoms with Crippen molar-refractivity contribution in [2.75, 3.05) is 13.1 Å². The maximum atomic E-state index is 11.6. The van der Waals surface area contributed by atoms with Crippen LogP contribution in [0.15, 0.2) is 18.5 Å². The van der Waals surface area contributed by atoms with Crippen LogP contribution in [0.2, 0.25) is 0 Å². The van der Waals surface area contributed by atoms with Crippen molar-refractivity contribution in [2.24, 2.45) is 5.73 Å². The Morgan fingerprint density at radius 3 is 2.94 bits per heavy atom. The van der Waals surface area contributed by atoms with Crippen LogP contribution >= 0.6 is 0 Å². The Morgan fingerprint density at radius 2 is 2.25 bits per heavy atom. The largest absolute Gasteiger partial charge is 0.505 e. The molecule has 88 valence electrons. The lowest BCUT2D eigenvalue weighted by Gasteiger charge is -2.05. The molecular formula is C11H17N3O2. The molecule has 1 aromatic rings. The van der Waals surface area contributed by atoms with Crippen LogP contribution in [0.1, 0.15) is 29.6 Å². The summed E-state index contributed by atoms with van der Waals surface area (Å²) in [5.74, 6) is -0.366. The maximum absolute atomic E-state index is 11.6. The number of rotatable bonds is 6. The van der Waals surface area contributed by atoms with E-state index in [1.54, 1.807) is 0 Å². The lowest BCUT2D eigenvalue weighted by molar-refractivity contribution is 0.0950. The van der Waals surface area contributed by atoms with Gasteiger partial charge in [-0.25, -0.2) is 0 Å². The number of pyridine rings is 1. The van der Waals surface area contributed by atoms with E-state index in [0.717, 1.165) is 19.3 Å². The molecule has 0 bridgehead atoms. The minimum absolute atomic E-state index is 0.0954. The Hall–Kier alpha value is -1.62. The van der Waals surface area contributed by atoms with Crippen molar-refractivity contribution >= 4 is 5.91 Å².